The lowest BCUT2D eigenvalue weighted by molar-refractivity contribution is 0.339. The van der Waals surface area contributed by atoms with Crippen LogP contribution in [0.2, 0.25) is 0 Å². The van der Waals surface area contributed by atoms with E-state index in [2.05, 4.69) is 5.32 Å². The molecule has 1 rings (SSSR count). The Kier molecular flexibility index (Phi) is 3.79. The molecule has 0 aliphatic heterocycles. The number of likely N-dealkylation sites (N-methyl/N-ethyl adjacent to an activating group) is 1. The Labute approximate surface area is 87.2 Å². The van der Waals surface area contributed by atoms with Crippen molar-refractivity contribution in [3.8, 4) is 11.5 Å². The number of aromatic hydroxyl groups is 1. The van der Waals surface area contributed by atoms with Gasteiger partial charge in [-0.15, -0.1) is 0 Å². The van der Waals surface area contributed by atoms with Crippen molar-refractivity contribution in [2.24, 2.45) is 5.73 Å². The molecule has 15 heavy (non-hydrogen) atoms. The largest absolute Gasteiger partial charge is 0.508 e. The summed E-state index contributed by atoms with van der Waals surface area (Å²) in [6.45, 7) is 0.190. The molecule has 0 heterocycles. The van der Waals surface area contributed by atoms with Crippen LogP contribution in [0.15, 0.2) is 30.1 Å². The summed E-state index contributed by atoms with van der Waals surface area (Å²) in [4.78, 5) is 0. The van der Waals surface area contributed by atoms with Crippen molar-refractivity contribution in [1.29, 1.82) is 0 Å². The minimum atomic E-state index is -0.548. The molecule has 0 spiro atoms. The normalized spacial score (nSPS) is 11.2. The third-order valence-corrected chi connectivity index (χ3v) is 1.77. The Morgan fingerprint density at radius 3 is 2.87 bits per heavy atom. The van der Waals surface area contributed by atoms with Crippen molar-refractivity contribution in [3.05, 3.63) is 35.9 Å². The van der Waals surface area contributed by atoms with Gasteiger partial charge in [-0.1, -0.05) is 0 Å². The summed E-state index contributed by atoms with van der Waals surface area (Å²) in [5.74, 6) is -0.470. The van der Waals surface area contributed by atoms with Crippen molar-refractivity contribution in [1.82, 2.24) is 5.32 Å². The van der Waals surface area contributed by atoms with Gasteiger partial charge in [0.25, 0.3) is 0 Å². The predicted octanol–water partition coefficient (Wildman–Crippen LogP) is 0.930. The van der Waals surface area contributed by atoms with Crippen LogP contribution in [0.4, 0.5) is 4.39 Å². The molecule has 0 atom stereocenters. The predicted molar refractivity (Wildman–Crippen MR) is 54.9 cm³/mol. The van der Waals surface area contributed by atoms with Crippen LogP contribution in [-0.2, 0) is 0 Å². The first-order valence-corrected chi connectivity index (χ1v) is 4.36. The highest BCUT2D eigenvalue weighted by molar-refractivity contribution is 5.33. The Balaban J connectivity index is 2.65. The van der Waals surface area contributed by atoms with E-state index in [1.54, 1.807) is 7.05 Å². The molecular formula is C10H13FN2O2. The van der Waals surface area contributed by atoms with Crippen LogP contribution in [0.1, 0.15) is 0 Å². The SMILES string of the molecule is CN/C(=C\N)COc1cc(O)cc(F)c1. The molecule has 0 aliphatic carbocycles. The Morgan fingerprint density at radius 1 is 1.60 bits per heavy atom. The second-order valence-corrected chi connectivity index (χ2v) is 2.88. The van der Waals surface area contributed by atoms with Crippen LogP contribution >= 0.6 is 0 Å². The van der Waals surface area contributed by atoms with Gasteiger partial charge in [-0.25, -0.2) is 4.39 Å². The number of hydrogen-bond acceptors (Lipinski definition) is 4. The molecule has 0 fully saturated rings. The smallest absolute Gasteiger partial charge is 0.130 e. The zero-order valence-corrected chi connectivity index (χ0v) is 8.33. The standard InChI is InChI=1S/C10H13FN2O2/c1-13-8(5-12)6-15-10-3-7(11)2-9(14)4-10/h2-5,13-14H,6,12H2,1H3/b8-5-. The van der Waals surface area contributed by atoms with Crippen molar-refractivity contribution in [3.63, 3.8) is 0 Å². The minimum absolute atomic E-state index is 0.173. The first kappa shape index (κ1) is 11.2. The fraction of sp³-hybridized carbons (Fsp3) is 0.200. The summed E-state index contributed by atoms with van der Waals surface area (Å²) >= 11 is 0. The summed E-state index contributed by atoms with van der Waals surface area (Å²) < 4.78 is 18.0. The number of halogens is 1. The van der Waals surface area contributed by atoms with Crippen molar-refractivity contribution in [2.75, 3.05) is 13.7 Å². The monoisotopic (exact) mass is 212 g/mol. The first-order chi connectivity index (χ1) is 7.15. The number of ether oxygens (including phenoxy) is 1. The molecule has 0 aromatic heterocycles. The van der Waals surface area contributed by atoms with Gasteiger partial charge in [-0.05, 0) is 0 Å². The molecule has 1 aromatic rings. The molecule has 5 heteroatoms. The Hall–Kier alpha value is -1.91. The maximum Gasteiger partial charge on any atom is 0.130 e. The number of nitrogens with one attached hydrogen (secondary N) is 1. The third-order valence-electron chi connectivity index (χ3n) is 1.77. The van der Waals surface area contributed by atoms with Crippen LogP contribution < -0.4 is 15.8 Å². The van der Waals surface area contributed by atoms with Gasteiger partial charge in [0.15, 0.2) is 0 Å². The van der Waals surface area contributed by atoms with E-state index in [1.165, 1.54) is 18.3 Å². The number of hydrogen-bond donors (Lipinski definition) is 3. The Morgan fingerprint density at radius 2 is 2.33 bits per heavy atom. The maximum absolute atomic E-state index is 12.8. The lowest BCUT2D eigenvalue weighted by Crippen LogP contribution is -2.15. The first-order valence-electron chi connectivity index (χ1n) is 4.36. The van der Waals surface area contributed by atoms with Gasteiger partial charge in [-0.3, -0.25) is 0 Å². The van der Waals surface area contributed by atoms with Gasteiger partial charge in [0.1, 0.15) is 23.9 Å². The average molecular weight is 212 g/mol. The summed E-state index contributed by atoms with van der Waals surface area (Å²) in [5, 5.41) is 11.9. The van der Waals surface area contributed by atoms with E-state index < -0.39 is 5.82 Å². The van der Waals surface area contributed by atoms with E-state index in [0.717, 1.165) is 6.07 Å². The molecule has 4 N–H and O–H groups in total. The van der Waals surface area contributed by atoms with E-state index in [9.17, 15) is 4.39 Å². The molecule has 4 nitrogen and oxygen atoms in total. The highest BCUT2D eigenvalue weighted by Crippen LogP contribution is 2.20. The molecule has 0 bridgehead atoms. The molecule has 0 aliphatic rings. The fourth-order valence-electron chi connectivity index (χ4n) is 0.996. The second kappa shape index (κ2) is 5.09. The van der Waals surface area contributed by atoms with E-state index in [0.29, 0.717) is 5.70 Å². The minimum Gasteiger partial charge on any atom is -0.508 e. The molecule has 0 amide bonds. The molecule has 0 saturated carbocycles. The lowest BCUT2D eigenvalue weighted by Gasteiger charge is -2.09. The summed E-state index contributed by atoms with van der Waals surface area (Å²) in [6, 6.07) is 3.51. The quantitative estimate of drug-likeness (QED) is 0.694. The van der Waals surface area contributed by atoms with Crippen LogP contribution in [0.5, 0.6) is 11.5 Å². The van der Waals surface area contributed by atoms with Gasteiger partial charge in [0.2, 0.25) is 0 Å². The third kappa shape index (κ3) is 3.38. The van der Waals surface area contributed by atoms with Crippen LogP contribution in [0.3, 0.4) is 0 Å². The Bertz CT molecular complexity index is 346. The lowest BCUT2D eigenvalue weighted by atomic mass is 10.3. The van der Waals surface area contributed by atoms with Gasteiger partial charge < -0.3 is 20.9 Å². The van der Waals surface area contributed by atoms with Crippen LogP contribution in [-0.4, -0.2) is 18.8 Å². The summed E-state index contributed by atoms with van der Waals surface area (Å²) in [6.07, 6.45) is 1.36. The molecule has 0 radical (unpaired) electrons. The summed E-state index contributed by atoms with van der Waals surface area (Å²) in [7, 11) is 1.70. The van der Waals surface area contributed by atoms with Crippen LogP contribution in [0, 0.1) is 5.82 Å². The van der Waals surface area contributed by atoms with E-state index >= 15 is 0 Å². The van der Waals surface area contributed by atoms with Gasteiger partial charge in [0, 0.05) is 31.4 Å². The zero-order valence-electron chi connectivity index (χ0n) is 8.33. The second-order valence-electron chi connectivity index (χ2n) is 2.88. The molecule has 0 unspecified atom stereocenters. The zero-order chi connectivity index (χ0) is 11.3. The molecule has 0 saturated heterocycles. The molecule has 82 valence electrons. The van der Waals surface area contributed by atoms with E-state index in [-0.39, 0.29) is 18.1 Å². The number of nitrogens with two attached hydrogens (primary N) is 1. The van der Waals surface area contributed by atoms with Gasteiger partial charge in [0.05, 0.1) is 5.70 Å². The van der Waals surface area contributed by atoms with Crippen molar-refractivity contribution in [2.45, 2.75) is 0 Å². The highest BCUT2D eigenvalue weighted by Gasteiger charge is 2.01. The average Bonchev–Trinajstić information content (AvgIpc) is 2.18. The fourth-order valence-corrected chi connectivity index (χ4v) is 0.996. The summed E-state index contributed by atoms with van der Waals surface area (Å²) in [5.41, 5.74) is 5.94. The van der Waals surface area contributed by atoms with E-state index in [4.69, 9.17) is 15.6 Å². The number of phenolic OH excluding ortho intramolecular Hbond substituents is 1. The highest BCUT2D eigenvalue weighted by atomic mass is 19.1. The molecular weight excluding hydrogens is 199 g/mol. The maximum atomic E-state index is 12.8. The van der Waals surface area contributed by atoms with Crippen molar-refractivity contribution < 1.29 is 14.2 Å². The number of benzene rings is 1. The number of rotatable bonds is 4. The van der Waals surface area contributed by atoms with E-state index in [1.807, 2.05) is 0 Å². The topological polar surface area (TPSA) is 67.5 Å². The van der Waals surface area contributed by atoms with Crippen molar-refractivity contribution >= 4 is 0 Å². The van der Waals surface area contributed by atoms with Gasteiger partial charge in [-0.2, -0.15) is 0 Å². The number of phenols is 1. The van der Waals surface area contributed by atoms with Gasteiger partial charge >= 0.3 is 0 Å². The molecule has 1 aromatic carbocycles. The van der Waals surface area contributed by atoms with Crippen LogP contribution in [0.25, 0.3) is 0 Å².